The maximum Gasteiger partial charge on any atom is 0.148 e. The second kappa shape index (κ2) is 5.75. The summed E-state index contributed by atoms with van der Waals surface area (Å²) < 4.78 is 41.3. The van der Waals surface area contributed by atoms with Gasteiger partial charge in [-0.1, -0.05) is 6.07 Å². The predicted octanol–water partition coefficient (Wildman–Crippen LogP) is 4.25. The third-order valence-corrected chi connectivity index (χ3v) is 3.36. The molecule has 0 saturated heterocycles. The first-order valence-corrected chi connectivity index (χ1v) is 6.40. The molecule has 0 saturated carbocycles. The lowest BCUT2D eigenvalue weighted by molar-refractivity contribution is 0.584. The minimum atomic E-state index is -0.691. The molecule has 0 aliphatic heterocycles. The highest BCUT2D eigenvalue weighted by Gasteiger charge is 2.17. The van der Waals surface area contributed by atoms with Crippen molar-refractivity contribution in [3.8, 4) is 11.1 Å². The zero-order valence-corrected chi connectivity index (χ0v) is 11.7. The average molecular weight is 330 g/mol. The first-order chi connectivity index (χ1) is 9.04. The van der Waals surface area contributed by atoms with E-state index in [-0.39, 0.29) is 10.0 Å². The molecule has 0 fully saturated rings. The Balaban J connectivity index is 2.68. The Labute approximate surface area is 117 Å². The van der Waals surface area contributed by atoms with E-state index in [4.69, 9.17) is 0 Å². The minimum absolute atomic E-state index is 0.153. The van der Waals surface area contributed by atoms with Crippen molar-refractivity contribution in [2.24, 2.45) is 0 Å². The maximum atomic E-state index is 14.1. The highest BCUT2D eigenvalue weighted by molar-refractivity contribution is 9.10. The van der Waals surface area contributed by atoms with Crippen molar-refractivity contribution in [3.05, 3.63) is 57.8 Å². The zero-order chi connectivity index (χ0) is 14.0. The molecule has 0 unspecified atom stereocenters. The predicted molar refractivity (Wildman–Crippen MR) is 72.2 cm³/mol. The highest BCUT2D eigenvalue weighted by atomic mass is 79.9. The molecule has 100 valence electrons. The molecule has 0 aliphatic carbocycles. The molecule has 0 aliphatic rings. The SMILES string of the molecule is CNCc1cc(F)ccc1-c1c(F)ccc(Br)c1F. The Hall–Kier alpha value is -1.33. The van der Waals surface area contributed by atoms with Crippen LogP contribution >= 0.6 is 15.9 Å². The molecular formula is C14H11BrF3N. The van der Waals surface area contributed by atoms with Crippen LogP contribution in [-0.2, 0) is 6.54 Å². The Morgan fingerprint density at radius 1 is 1.11 bits per heavy atom. The summed E-state index contributed by atoms with van der Waals surface area (Å²) in [4.78, 5) is 0. The molecule has 0 heterocycles. The number of hydrogen-bond donors (Lipinski definition) is 1. The molecule has 0 amide bonds. The maximum absolute atomic E-state index is 14.1. The van der Waals surface area contributed by atoms with Crippen LogP contribution in [0.4, 0.5) is 13.2 Å². The Morgan fingerprint density at radius 2 is 1.84 bits per heavy atom. The van der Waals surface area contributed by atoms with Crippen molar-refractivity contribution in [1.82, 2.24) is 5.32 Å². The van der Waals surface area contributed by atoms with Gasteiger partial charge in [0.1, 0.15) is 17.5 Å². The lowest BCUT2D eigenvalue weighted by Crippen LogP contribution is -2.07. The molecule has 5 heteroatoms. The van der Waals surface area contributed by atoms with Crippen molar-refractivity contribution in [2.75, 3.05) is 7.05 Å². The quantitative estimate of drug-likeness (QED) is 0.830. The van der Waals surface area contributed by atoms with Gasteiger partial charge in [-0.2, -0.15) is 0 Å². The monoisotopic (exact) mass is 329 g/mol. The molecule has 1 nitrogen and oxygen atoms in total. The van der Waals surface area contributed by atoms with Crippen LogP contribution in [-0.4, -0.2) is 7.05 Å². The van der Waals surface area contributed by atoms with Crippen LogP contribution in [0.5, 0.6) is 0 Å². The summed E-state index contributed by atoms with van der Waals surface area (Å²) >= 11 is 3.02. The van der Waals surface area contributed by atoms with Gasteiger partial charge in [0.2, 0.25) is 0 Å². The van der Waals surface area contributed by atoms with Gasteiger partial charge < -0.3 is 5.32 Å². The van der Waals surface area contributed by atoms with Crippen molar-refractivity contribution in [1.29, 1.82) is 0 Å². The molecule has 0 aromatic heterocycles. The van der Waals surface area contributed by atoms with E-state index in [1.165, 1.54) is 30.3 Å². The van der Waals surface area contributed by atoms with Crippen LogP contribution in [0.3, 0.4) is 0 Å². The van der Waals surface area contributed by atoms with Gasteiger partial charge in [-0.25, -0.2) is 13.2 Å². The van der Waals surface area contributed by atoms with Crippen LogP contribution in [0.15, 0.2) is 34.8 Å². The molecule has 2 rings (SSSR count). The first kappa shape index (κ1) is 14.1. The molecule has 0 bridgehead atoms. The fourth-order valence-electron chi connectivity index (χ4n) is 1.92. The van der Waals surface area contributed by atoms with Crippen molar-refractivity contribution in [3.63, 3.8) is 0 Å². The summed E-state index contributed by atoms with van der Waals surface area (Å²) in [5.74, 6) is -1.81. The summed E-state index contributed by atoms with van der Waals surface area (Å²) in [5, 5.41) is 2.85. The van der Waals surface area contributed by atoms with Gasteiger partial charge in [0.25, 0.3) is 0 Å². The van der Waals surface area contributed by atoms with E-state index in [1.807, 2.05) is 0 Å². The normalized spacial score (nSPS) is 10.8. The number of benzene rings is 2. The summed E-state index contributed by atoms with van der Waals surface area (Å²) in [7, 11) is 1.68. The number of rotatable bonds is 3. The topological polar surface area (TPSA) is 12.0 Å². The molecule has 0 spiro atoms. The van der Waals surface area contributed by atoms with Gasteiger partial charge in [0, 0.05) is 6.54 Å². The fraction of sp³-hybridized carbons (Fsp3) is 0.143. The number of hydrogen-bond acceptors (Lipinski definition) is 1. The van der Waals surface area contributed by atoms with Gasteiger partial charge >= 0.3 is 0 Å². The zero-order valence-electron chi connectivity index (χ0n) is 10.1. The lowest BCUT2D eigenvalue weighted by Gasteiger charge is -2.12. The van der Waals surface area contributed by atoms with Gasteiger partial charge in [-0.05, 0) is 58.4 Å². The number of nitrogens with one attached hydrogen (secondary N) is 1. The lowest BCUT2D eigenvalue weighted by atomic mass is 9.98. The van der Waals surface area contributed by atoms with E-state index in [1.54, 1.807) is 7.05 Å². The van der Waals surface area contributed by atoms with Crippen LogP contribution in [0, 0.1) is 17.5 Å². The summed E-state index contributed by atoms with van der Waals surface area (Å²) in [6.07, 6.45) is 0. The standard InChI is InChI=1S/C14H11BrF3N/c1-19-7-8-6-9(16)2-3-10(8)13-12(17)5-4-11(15)14(13)18/h2-6,19H,7H2,1H3. The number of halogens is 4. The largest absolute Gasteiger partial charge is 0.316 e. The van der Waals surface area contributed by atoms with E-state index in [9.17, 15) is 13.2 Å². The van der Waals surface area contributed by atoms with Gasteiger partial charge in [0.05, 0.1) is 10.0 Å². The van der Waals surface area contributed by atoms with Crippen LogP contribution in [0.2, 0.25) is 0 Å². The summed E-state index contributed by atoms with van der Waals surface area (Å²) in [6, 6.07) is 6.32. The van der Waals surface area contributed by atoms with E-state index >= 15 is 0 Å². The average Bonchev–Trinajstić information content (AvgIpc) is 2.37. The van der Waals surface area contributed by atoms with Crippen molar-refractivity contribution in [2.45, 2.75) is 6.54 Å². The molecule has 2 aromatic carbocycles. The molecule has 0 atom stereocenters. The first-order valence-electron chi connectivity index (χ1n) is 5.61. The third-order valence-electron chi connectivity index (χ3n) is 2.75. The molecule has 19 heavy (non-hydrogen) atoms. The molecule has 1 N–H and O–H groups in total. The van der Waals surface area contributed by atoms with Crippen molar-refractivity contribution < 1.29 is 13.2 Å². The molecule has 2 aromatic rings. The second-order valence-electron chi connectivity index (χ2n) is 4.05. The van der Waals surface area contributed by atoms with Crippen molar-refractivity contribution >= 4 is 15.9 Å². The third kappa shape index (κ3) is 2.82. The fourth-order valence-corrected chi connectivity index (χ4v) is 2.25. The van der Waals surface area contributed by atoms with E-state index in [0.717, 1.165) is 0 Å². The van der Waals surface area contributed by atoms with Gasteiger partial charge in [-0.3, -0.25) is 0 Å². The van der Waals surface area contributed by atoms with Gasteiger partial charge in [0.15, 0.2) is 0 Å². The Bertz CT molecular complexity index is 614. The Morgan fingerprint density at radius 3 is 2.53 bits per heavy atom. The van der Waals surface area contributed by atoms with Gasteiger partial charge in [-0.15, -0.1) is 0 Å². The van der Waals surface area contributed by atoms with Crippen LogP contribution in [0.25, 0.3) is 11.1 Å². The van der Waals surface area contributed by atoms with E-state index < -0.39 is 17.5 Å². The second-order valence-corrected chi connectivity index (χ2v) is 4.90. The van der Waals surface area contributed by atoms with E-state index in [2.05, 4.69) is 21.2 Å². The van der Waals surface area contributed by atoms with E-state index in [0.29, 0.717) is 17.7 Å². The molecular weight excluding hydrogens is 319 g/mol. The van der Waals surface area contributed by atoms with Crippen LogP contribution < -0.4 is 5.32 Å². The smallest absolute Gasteiger partial charge is 0.148 e. The molecule has 0 radical (unpaired) electrons. The summed E-state index contributed by atoms with van der Waals surface area (Å²) in [6.45, 7) is 0.318. The highest BCUT2D eigenvalue weighted by Crippen LogP contribution is 2.33. The Kier molecular flexibility index (Phi) is 4.27. The summed E-state index contributed by atoms with van der Waals surface area (Å²) in [5.41, 5.74) is 0.685. The van der Waals surface area contributed by atoms with Crippen LogP contribution in [0.1, 0.15) is 5.56 Å². The minimum Gasteiger partial charge on any atom is -0.316 e.